The topological polar surface area (TPSA) is 75.7 Å². The summed E-state index contributed by atoms with van der Waals surface area (Å²) < 4.78 is 31.6. The molecule has 0 spiro atoms. The molecule has 1 aliphatic heterocycles. The van der Waals surface area contributed by atoms with Crippen molar-refractivity contribution in [3.8, 4) is 5.75 Å². The molecule has 6 nitrogen and oxygen atoms in total. The lowest BCUT2D eigenvalue weighted by Crippen LogP contribution is -2.38. The lowest BCUT2D eigenvalue weighted by molar-refractivity contribution is 0.0687. The van der Waals surface area contributed by atoms with Gasteiger partial charge in [0.25, 0.3) is 5.91 Å². The molecule has 0 saturated carbocycles. The number of amides is 1. The molecule has 2 aromatic carbocycles. The van der Waals surface area contributed by atoms with Crippen LogP contribution in [-0.2, 0) is 16.4 Å². The second kappa shape index (κ2) is 10.7. The van der Waals surface area contributed by atoms with E-state index in [9.17, 15) is 13.2 Å². The normalized spacial score (nSPS) is 15.0. The zero-order chi connectivity index (χ0) is 22.3. The minimum atomic E-state index is -3.36. The first kappa shape index (κ1) is 23.1. The first-order valence-corrected chi connectivity index (χ1v) is 12.7. The van der Waals surface area contributed by atoms with Gasteiger partial charge in [-0.1, -0.05) is 18.2 Å². The third-order valence-electron chi connectivity index (χ3n) is 5.74. The number of rotatable bonds is 9. The fourth-order valence-corrected chi connectivity index (χ4v) is 4.49. The highest BCUT2D eigenvalue weighted by Crippen LogP contribution is 2.25. The molecule has 3 rings (SSSR count). The second-order valence-electron chi connectivity index (χ2n) is 7.94. The maximum Gasteiger partial charge on any atom is 0.253 e. The van der Waals surface area contributed by atoms with Crippen molar-refractivity contribution >= 4 is 21.6 Å². The number of carbonyl (C=O) groups is 1. The molecule has 31 heavy (non-hydrogen) atoms. The van der Waals surface area contributed by atoms with E-state index < -0.39 is 10.0 Å². The predicted octanol–water partition coefficient (Wildman–Crippen LogP) is 4.33. The Morgan fingerprint density at radius 3 is 2.45 bits per heavy atom. The number of hydrogen-bond donors (Lipinski definition) is 1. The van der Waals surface area contributed by atoms with Crippen molar-refractivity contribution in [2.45, 2.75) is 39.5 Å². The van der Waals surface area contributed by atoms with E-state index in [0.29, 0.717) is 23.8 Å². The minimum Gasteiger partial charge on any atom is -0.494 e. The average Bonchev–Trinajstić information content (AvgIpc) is 2.78. The maximum absolute atomic E-state index is 12.9. The summed E-state index contributed by atoms with van der Waals surface area (Å²) in [5, 5.41) is 0. The van der Waals surface area contributed by atoms with E-state index in [-0.39, 0.29) is 11.7 Å². The Balaban J connectivity index is 1.49. The molecule has 0 bridgehead atoms. The molecule has 0 unspecified atom stereocenters. The number of nitrogens with zero attached hydrogens (tertiary/aromatic N) is 1. The van der Waals surface area contributed by atoms with Gasteiger partial charge >= 0.3 is 0 Å². The lowest BCUT2D eigenvalue weighted by Gasteiger charge is -2.32. The third kappa shape index (κ3) is 6.72. The van der Waals surface area contributed by atoms with E-state index in [2.05, 4.69) is 16.9 Å². The predicted molar refractivity (Wildman–Crippen MR) is 124 cm³/mol. The smallest absolute Gasteiger partial charge is 0.253 e. The van der Waals surface area contributed by atoms with Gasteiger partial charge in [-0.05, 0) is 81.3 Å². The van der Waals surface area contributed by atoms with Crippen molar-refractivity contribution in [3.05, 3.63) is 59.7 Å². The van der Waals surface area contributed by atoms with Crippen LogP contribution >= 0.6 is 0 Å². The van der Waals surface area contributed by atoms with E-state index in [1.54, 1.807) is 31.2 Å². The van der Waals surface area contributed by atoms with Gasteiger partial charge < -0.3 is 9.64 Å². The molecule has 1 amide bonds. The van der Waals surface area contributed by atoms with Gasteiger partial charge in [0.05, 0.1) is 12.4 Å². The first-order chi connectivity index (χ1) is 14.9. The summed E-state index contributed by atoms with van der Waals surface area (Å²) in [5.74, 6) is 1.47. The van der Waals surface area contributed by atoms with Crippen molar-refractivity contribution in [2.24, 2.45) is 5.92 Å². The van der Waals surface area contributed by atoms with Crippen LogP contribution in [0.2, 0.25) is 0 Å². The van der Waals surface area contributed by atoms with Gasteiger partial charge in [-0.3, -0.25) is 9.52 Å². The van der Waals surface area contributed by atoms with Crippen LogP contribution in [-0.4, -0.2) is 44.7 Å². The number of ether oxygens (including phenoxy) is 1. The summed E-state index contributed by atoms with van der Waals surface area (Å²) in [6.07, 6.45) is 4.13. The van der Waals surface area contributed by atoms with Crippen molar-refractivity contribution in [2.75, 3.05) is 30.2 Å². The molecule has 0 atom stereocenters. The van der Waals surface area contributed by atoms with Gasteiger partial charge in [-0.15, -0.1) is 0 Å². The van der Waals surface area contributed by atoms with E-state index >= 15 is 0 Å². The highest BCUT2D eigenvalue weighted by Gasteiger charge is 2.24. The van der Waals surface area contributed by atoms with Crippen molar-refractivity contribution in [1.82, 2.24) is 4.90 Å². The maximum atomic E-state index is 12.9. The number of sulfonamides is 1. The fourth-order valence-electron chi connectivity index (χ4n) is 3.86. The van der Waals surface area contributed by atoms with Crippen molar-refractivity contribution < 1.29 is 17.9 Å². The van der Waals surface area contributed by atoms with E-state index in [1.165, 1.54) is 5.56 Å². The Bertz CT molecular complexity index is 965. The van der Waals surface area contributed by atoms with Crippen LogP contribution < -0.4 is 9.46 Å². The summed E-state index contributed by atoms with van der Waals surface area (Å²) >= 11 is 0. The highest BCUT2D eigenvalue weighted by atomic mass is 32.2. The standard InChI is InChI=1S/C24H32N2O4S/c1-3-30-23-12-10-19(11-13-23)8-9-20-14-16-26(17-15-20)24(27)21-6-5-7-22(18-21)25-31(28,29)4-2/h5-7,10-13,18,20,25H,3-4,8-9,14-17H2,1-2H3. The Morgan fingerprint density at radius 2 is 1.81 bits per heavy atom. The Hall–Kier alpha value is -2.54. The quantitative estimate of drug-likeness (QED) is 0.625. The summed E-state index contributed by atoms with van der Waals surface area (Å²) in [7, 11) is -3.36. The van der Waals surface area contributed by atoms with Crippen LogP contribution in [0.1, 0.15) is 49.0 Å². The summed E-state index contributed by atoms with van der Waals surface area (Å²) in [5.41, 5.74) is 2.26. The Kier molecular flexibility index (Phi) is 7.96. The lowest BCUT2D eigenvalue weighted by atomic mass is 9.90. The Morgan fingerprint density at radius 1 is 1.10 bits per heavy atom. The van der Waals surface area contributed by atoms with Crippen LogP contribution in [0.25, 0.3) is 0 Å². The zero-order valence-corrected chi connectivity index (χ0v) is 19.2. The fraction of sp³-hybridized carbons (Fsp3) is 0.458. The molecule has 0 aromatic heterocycles. The number of carbonyl (C=O) groups excluding carboxylic acids is 1. The van der Waals surface area contributed by atoms with Crippen LogP contribution in [0.15, 0.2) is 48.5 Å². The molecule has 168 valence electrons. The number of nitrogens with one attached hydrogen (secondary N) is 1. The first-order valence-electron chi connectivity index (χ1n) is 11.0. The number of hydrogen-bond acceptors (Lipinski definition) is 4. The summed E-state index contributed by atoms with van der Waals surface area (Å²) in [6.45, 7) is 5.71. The zero-order valence-electron chi connectivity index (χ0n) is 18.3. The van der Waals surface area contributed by atoms with Gasteiger partial charge in [-0.25, -0.2) is 8.42 Å². The molecule has 2 aromatic rings. The molecule has 7 heteroatoms. The van der Waals surface area contributed by atoms with Crippen LogP contribution in [0.5, 0.6) is 5.75 Å². The number of piperidine rings is 1. The number of aryl methyl sites for hydroxylation is 1. The molecule has 1 fully saturated rings. The molecular weight excluding hydrogens is 412 g/mol. The SMILES string of the molecule is CCOc1ccc(CCC2CCN(C(=O)c3cccc(NS(=O)(=O)CC)c3)CC2)cc1. The monoisotopic (exact) mass is 444 g/mol. The van der Waals surface area contributed by atoms with Crippen molar-refractivity contribution in [3.63, 3.8) is 0 Å². The Labute approximate surface area is 185 Å². The molecular formula is C24H32N2O4S. The number of benzene rings is 2. The van der Waals surface area contributed by atoms with Crippen LogP contribution in [0.4, 0.5) is 5.69 Å². The van der Waals surface area contributed by atoms with Crippen LogP contribution in [0, 0.1) is 5.92 Å². The highest BCUT2D eigenvalue weighted by molar-refractivity contribution is 7.92. The summed E-state index contributed by atoms with van der Waals surface area (Å²) in [6, 6.07) is 15.0. The van der Waals surface area contributed by atoms with Crippen molar-refractivity contribution in [1.29, 1.82) is 0 Å². The van der Waals surface area contributed by atoms with Crippen LogP contribution in [0.3, 0.4) is 0 Å². The third-order valence-corrected chi connectivity index (χ3v) is 7.05. The van der Waals surface area contributed by atoms with E-state index in [4.69, 9.17) is 4.74 Å². The van der Waals surface area contributed by atoms with Gasteiger partial charge in [0.15, 0.2) is 0 Å². The number of anilines is 1. The molecule has 0 radical (unpaired) electrons. The molecule has 0 aliphatic carbocycles. The molecule has 1 N–H and O–H groups in total. The number of likely N-dealkylation sites (tertiary alicyclic amines) is 1. The molecule has 1 heterocycles. The summed E-state index contributed by atoms with van der Waals surface area (Å²) in [4.78, 5) is 14.8. The molecule has 1 saturated heterocycles. The largest absolute Gasteiger partial charge is 0.494 e. The average molecular weight is 445 g/mol. The molecule has 1 aliphatic rings. The van der Waals surface area contributed by atoms with Gasteiger partial charge in [0.1, 0.15) is 5.75 Å². The van der Waals surface area contributed by atoms with E-state index in [0.717, 1.165) is 44.5 Å². The second-order valence-corrected chi connectivity index (χ2v) is 9.95. The van der Waals surface area contributed by atoms with Gasteiger partial charge in [-0.2, -0.15) is 0 Å². The van der Waals surface area contributed by atoms with E-state index in [1.807, 2.05) is 24.0 Å². The minimum absolute atomic E-state index is 0.00461. The van der Waals surface area contributed by atoms with Gasteiger partial charge in [0.2, 0.25) is 10.0 Å². The van der Waals surface area contributed by atoms with Gasteiger partial charge in [0, 0.05) is 24.3 Å².